The fourth-order valence-electron chi connectivity index (χ4n) is 2.37. The molecule has 6 nitrogen and oxygen atoms in total. The lowest BCUT2D eigenvalue weighted by molar-refractivity contribution is -0.153. The monoisotopic (exact) mass is 389 g/mol. The van der Waals surface area contributed by atoms with Gasteiger partial charge in [-0.15, -0.1) is 0 Å². The maximum Gasteiger partial charge on any atom is 0.310 e. The molecule has 0 fully saturated rings. The van der Waals surface area contributed by atoms with Gasteiger partial charge in [0, 0.05) is 11.9 Å². The summed E-state index contributed by atoms with van der Waals surface area (Å²) in [5, 5.41) is 3.30. The Labute approximate surface area is 164 Å². The topological polar surface area (TPSA) is 73.3 Å². The molecule has 27 heavy (non-hydrogen) atoms. The molecule has 1 heterocycles. The van der Waals surface area contributed by atoms with Gasteiger partial charge >= 0.3 is 5.97 Å². The number of nitrogens with one attached hydrogen (secondary N) is 1. The van der Waals surface area contributed by atoms with Crippen LogP contribution in [0.25, 0.3) is 5.76 Å². The lowest BCUT2D eigenvalue weighted by atomic mass is 10.1. The van der Waals surface area contributed by atoms with Crippen molar-refractivity contribution in [3.63, 3.8) is 0 Å². The number of esters is 1. The number of carbonyl (C=O) groups is 1. The summed E-state index contributed by atoms with van der Waals surface area (Å²) < 4.78 is 10.9. The van der Waals surface area contributed by atoms with Crippen LogP contribution < -0.4 is 5.32 Å². The smallest absolute Gasteiger partial charge is 0.310 e. The van der Waals surface area contributed by atoms with Gasteiger partial charge in [0.2, 0.25) is 5.28 Å². The van der Waals surface area contributed by atoms with Gasteiger partial charge in [-0.25, -0.2) is 4.98 Å². The van der Waals surface area contributed by atoms with Crippen LogP contribution in [0.5, 0.6) is 0 Å². The summed E-state index contributed by atoms with van der Waals surface area (Å²) >= 11 is 5.95. The van der Waals surface area contributed by atoms with Crippen LogP contribution in [0.15, 0.2) is 37.0 Å². The number of anilines is 2. The minimum atomic E-state index is -0.540. The Bertz CT molecular complexity index is 831. The van der Waals surface area contributed by atoms with Crippen molar-refractivity contribution in [2.45, 2.75) is 39.7 Å². The summed E-state index contributed by atoms with van der Waals surface area (Å²) in [4.78, 5) is 20.4. The molecule has 0 amide bonds. The van der Waals surface area contributed by atoms with E-state index in [9.17, 15) is 4.79 Å². The molecule has 1 N–H and O–H groups in total. The molecule has 144 valence electrons. The first kappa shape index (κ1) is 20.7. The molecule has 0 aliphatic heterocycles. The van der Waals surface area contributed by atoms with Gasteiger partial charge in [-0.1, -0.05) is 24.8 Å². The molecular weight excluding hydrogens is 366 g/mol. The Morgan fingerprint density at radius 1 is 1.30 bits per heavy atom. The van der Waals surface area contributed by atoms with E-state index < -0.39 is 5.60 Å². The molecule has 0 unspecified atom stereocenters. The van der Waals surface area contributed by atoms with Gasteiger partial charge in [-0.05, 0) is 50.9 Å². The number of carbonyl (C=O) groups excluding carboxylic acids is 1. The number of rotatable bonds is 7. The van der Waals surface area contributed by atoms with Crippen molar-refractivity contribution >= 4 is 34.8 Å². The standard InChI is InChI=1S/C20H24ClN3O3/c1-6-26-13(2)15-12-22-19(21)24-18(15)23-16-10-8-7-9-14(16)11-17(25)27-20(3,4)5/h7-10,12H,2,6,11H2,1,3-5H3,(H,22,23,24). The summed E-state index contributed by atoms with van der Waals surface area (Å²) in [6, 6.07) is 7.42. The molecule has 0 bridgehead atoms. The molecule has 2 aromatic rings. The minimum Gasteiger partial charge on any atom is -0.494 e. The van der Waals surface area contributed by atoms with Crippen LogP contribution in [0.3, 0.4) is 0 Å². The normalized spacial score (nSPS) is 11.0. The number of benzene rings is 1. The third kappa shape index (κ3) is 6.25. The van der Waals surface area contributed by atoms with E-state index in [1.807, 2.05) is 52.0 Å². The molecular formula is C20H24ClN3O3. The fourth-order valence-corrected chi connectivity index (χ4v) is 2.50. The van der Waals surface area contributed by atoms with Crippen LogP contribution in [-0.2, 0) is 20.7 Å². The molecule has 0 aliphatic carbocycles. The zero-order valence-corrected chi connectivity index (χ0v) is 16.8. The van der Waals surface area contributed by atoms with Gasteiger partial charge in [0.1, 0.15) is 17.2 Å². The summed E-state index contributed by atoms with van der Waals surface area (Å²) in [5.41, 5.74) is 1.54. The number of aromatic nitrogens is 2. The van der Waals surface area contributed by atoms with Crippen molar-refractivity contribution in [2.75, 3.05) is 11.9 Å². The molecule has 1 aromatic carbocycles. The highest BCUT2D eigenvalue weighted by atomic mass is 35.5. The molecule has 0 saturated carbocycles. The van der Waals surface area contributed by atoms with Crippen molar-refractivity contribution < 1.29 is 14.3 Å². The van der Waals surface area contributed by atoms with Gasteiger partial charge < -0.3 is 14.8 Å². The van der Waals surface area contributed by atoms with Gasteiger partial charge in [0.05, 0.1) is 18.6 Å². The van der Waals surface area contributed by atoms with Crippen molar-refractivity contribution in [1.82, 2.24) is 9.97 Å². The highest BCUT2D eigenvalue weighted by molar-refractivity contribution is 6.28. The number of hydrogen-bond acceptors (Lipinski definition) is 6. The third-order valence-electron chi connectivity index (χ3n) is 3.40. The van der Waals surface area contributed by atoms with E-state index in [1.165, 1.54) is 0 Å². The number of ether oxygens (including phenoxy) is 2. The second-order valence-corrected chi connectivity index (χ2v) is 7.14. The second kappa shape index (κ2) is 8.86. The molecule has 2 rings (SSSR count). The summed E-state index contributed by atoms with van der Waals surface area (Å²) in [6.45, 7) is 11.7. The highest BCUT2D eigenvalue weighted by Gasteiger charge is 2.18. The highest BCUT2D eigenvalue weighted by Crippen LogP contribution is 2.27. The molecule has 0 radical (unpaired) electrons. The molecule has 1 aromatic heterocycles. The van der Waals surface area contributed by atoms with E-state index in [2.05, 4.69) is 21.9 Å². The Kier molecular flexibility index (Phi) is 6.80. The maximum absolute atomic E-state index is 12.2. The second-order valence-electron chi connectivity index (χ2n) is 6.80. The Hall–Kier alpha value is -2.60. The first-order valence-corrected chi connectivity index (χ1v) is 8.98. The average molecular weight is 390 g/mol. The number of hydrogen-bond donors (Lipinski definition) is 1. The molecule has 7 heteroatoms. The van der Waals surface area contributed by atoms with Crippen LogP contribution in [0.4, 0.5) is 11.5 Å². The predicted octanol–water partition coefficient (Wildman–Crippen LogP) is 4.77. The Balaban J connectivity index is 2.30. The van der Waals surface area contributed by atoms with E-state index in [-0.39, 0.29) is 17.7 Å². The average Bonchev–Trinajstić information content (AvgIpc) is 2.55. The summed E-state index contributed by atoms with van der Waals surface area (Å²) in [7, 11) is 0. The maximum atomic E-state index is 12.2. The van der Waals surface area contributed by atoms with Gasteiger partial charge in [0.25, 0.3) is 0 Å². The first-order chi connectivity index (χ1) is 12.7. The van der Waals surface area contributed by atoms with Gasteiger partial charge in [-0.2, -0.15) is 4.98 Å². The lowest BCUT2D eigenvalue weighted by Gasteiger charge is -2.20. The van der Waals surface area contributed by atoms with Crippen LogP contribution in [0.2, 0.25) is 5.28 Å². The number of halogens is 1. The summed E-state index contributed by atoms with van der Waals surface area (Å²) in [5.74, 6) is 0.572. The van der Waals surface area contributed by atoms with Crippen molar-refractivity contribution in [2.24, 2.45) is 0 Å². The van der Waals surface area contributed by atoms with Crippen molar-refractivity contribution in [3.05, 3.63) is 53.5 Å². The van der Waals surface area contributed by atoms with Crippen LogP contribution in [0.1, 0.15) is 38.8 Å². The van der Waals surface area contributed by atoms with Crippen molar-refractivity contribution in [3.8, 4) is 0 Å². The van der Waals surface area contributed by atoms with E-state index in [4.69, 9.17) is 21.1 Å². The van der Waals surface area contributed by atoms with Crippen LogP contribution >= 0.6 is 11.6 Å². The van der Waals surface area contributed by atoms with Crippen molar-refractivity contribution in [1.29, 1.82) is 0 Å². The molecule has 0 spiro atoms. The van der Waals surface area contributed by atoms with E-state index in [0.717, 1.165) is 5.56 Å². The Morgan fingerprint density at radius 2 is 2.00 bits per heavy atom. The zero-order valence-electron chi connectivity index (χ0n) is 16.0. The Morgan fingerprint density at radius 3 is 2.67 bits per heavy atom. The molecule has 0 saturated heterocycles. The van der Waals surface area contributed by atoms with Gasteiger partial charge in [0.15, 0.2) is 0 Å². The van der Waals surface area contributed by atoms with Crippen LogP contribution in [0, 0.1) is 0 Å². The van der Waals surface area contributed by atoms with E-state index >= 15 is 0 Å². The van der Waals surface area contributed by atoms with E-state index in [0.29, 0.717) is 29.4 Å². The zero-order chi connectivity index (χ0) is 20.0. The van der Waals surface area contributed by atoms with Crippen LogP contribution in [-0.4, -0.2) is 28.1 Å². The number of nitrogens with zero attached hydrogens (tertiary/aromatic N) is 2. The predicted molar refractivity (Wildman–Crippen MR) is 107 cm³/mol. The number of para-hydroxylation sites is 1. The first-order valence-electron chi connectivity index (χ1n) is 8.61. The summed E-state index contributed by atoms with van der Waals surface area (Å²) in [6.07, 6.45) is 1.67. The third-order valence-corrected chi connectivity index (χ3v) is 3.59. The fraction of sp³-hybridized carbons (Fsp3) is 0.350. The van der Waals surface area contributed by atoms with E-state index in [1.54, 1.807) is 6.20 Å². The lowest BCUT2D eigenvalue weighted by Crippen LogP contribution is -2.25. The van der Waals surface area contributed by atoms with Gasteiger partial charge in [-0.3, -0.25) is 4.79 Å². The largest absolute Gasteiger partial charge is 0.494 e. The quantitative estimate of drug-likeness (QED) is 0.418. The SMILES string of the molecule is C=C(OCC)c1cnc(Cl)nc1Nc1ccccc1CC(=O)OC(C)(C)C. The molecule has 0 atom stereocenters. The minimum absolute atomic E-state index is 0.0928. The molecule has 0 aliphatic rings.